The third-order valence-electron chi connectivity index (χ3n) is 18.9. The number of fused-ring (bicyclic) bond motifs is 2. The van der Waals surface area contributed by atoms with E-state index in [-0.39, 0.29) is 75.8 Å². The van der Waals surface area contributed by atoms with Gasteiger partial charge in [-0.05, 0) is 35.1 Å². The SMILES string of the molecule is CO[C@@H]1O[C@H](CO)[C@@H](O[C@@H]2O[C@@H]3COC(c4ccccc4)O[C@@H]3[C@H](O[C@@H]3O[C@H](COCc4ccccc4)[C@@H](O[C@@H]4OC[C@@H](OCc5ccccc5)[C@@H](OCc5ccccc5)[C@@H]4OCc4ccccc4)[C@H](O[C@@H]4O[C@@H]5COC(c6ccccc6)O[C@@H]5[C@H](S(=O)(=O)O)[C@H]4O)[C@H]3N=C(C)[O-])[C@H]2O)[C@H](O)[C@H]1O.[Na+]. The van der Waals surface area contributed by atoms with Crippen LogP contribution in [0.1, 0.15) is 52.9 Å². The molecule has 7 aliphatic rings. The molecule has 0 amide bonds. The minimum Gasteiger partial charge on any atom is -0.862 e. The normalized spacial score (nSPS) is 36.1. The molecule has 7 fully saturated rings. The number of aliphatic hydroxyl groups excluding tert-OH is 5. The third kappa shape index (κ3) is 18.9. The van der Waals surface area contributed by atoms with Gasteiger partial charge in [-0.1, -0.05) is 182 Å². The van der Waals surface area contributed by atoms with Gasteiger partial charge in [-0.2, -0.15) is 8.42 Å². The van der Waals surface area contributed by atoms with Crippen LogP contribution in [0, 0.1) is 0 Å². The van der Waals surface area contributed by atoms with Crippen molar-refractivity contribution in [2.75, 3.05) is 40.1 Å². The Morgan fingerprint density at radius 1 is 0.471 bits per heavy atom. The Balaban J connectivity index is 0.0000102. The Bertz CT molecular complexity index is 3700. The zero-order valence-corrected chi connectivity index (χ0v) is 60.1. The molecule has 7 saturated heterocycles. The monoisotopic (exact) mass is 1480 g/mol. The second kappa shape index (κ2) is 36.8. The van der Waals surface area contributed by atoms with Crippen molar-refractivity contribution in [1.29, 1.82) is 0 Å². The van der Waals surface area contributed by atoms with E-state index in [0.29, 0.717) is 11.1 Å². The second-order valence-corrected chi connectivity index (χ2v) is 27.6. The number of methoxy groups -OCH3 is 1. The van der Waals surface area contributed by atoms with Crippen molar-refractivity contribution in [3.63, 3.8) is 0 Å². The van der Waals surface area contributed by atoms with Crippen molar-refractivity contribution in [3.05, 3.63) is 215 Å². The number of ether oxygens (including phenoxy) is 18. The van der Waals surface area contributed by atoms with Crippen LogP contribution in [-0.4, -0.2) is 231 Å². The Labute approximate surface area is 623 Å². The molecule has 556 valence electrons. The third-order valence-corrected chi connectivity index (χ3v) is 20.2. The zero-order valence-electron chi connectivity index (χ0n) is 57.3. The predicted molar refractivity (Wildman–Crippen MR) is 355 cm³/mol. The van der Waals surface area contributed by atoms with Crippen LogP contribution >= 0.6 is 0 Å². The van der Waals surface area contributed by atoms with Crippen molar-refractivity contribution in [2.45, 2.75) is 192 Å². The van der Waals surface area contributed by atoms with Crippen molar-refractivity contribution in [2.24, 2.45) is 4.99 Å². The van der Waals surface area contributed by atoms with E-state index in [9.17, 15) is 43.6 Å². The Hall–Kier alpha value is -5.22. The van der Waals surface area contributed by atoms with Gasteiger partial charge in [0.2, 0.25) is 0 Å². The molecule has 0 radical (unpaired) electrons. The van der Waals surface area contributed by atoms with Crippen LogP contribution in [0.3, 0.4) is 0 Å². The van der Waals surface area contributed by atoms with Crippen molar-refractivity contribution < 1.29 is 158 Å². The molecule has 0 aromatic heterocycles. The number of rotatable bonds is 27. The smallest absolute Gasteiger partial charge is 0.862 e. The molecule has 6 aromatic rings. The molecule has 0 aliphatic carbocycles. The molecule has 28 nitrogen and oxygen atoms in total. The number of hydrogen-bond acceptors (Lipinski definition) is 27. The number of aliphatic imine (C=N–C) groups is 1. The average Bonchev–Trinajstić information content (AvgIpc) is 0.752. The molecule has 0 spiro atoms. The predicted octanol–water partition coefficient (Wildman–Crippen LogP) is 0.475. The zero-order chi connectivity index (χ0) is 71.6. The van der Waals surface area contributed by atoms with Crippen molar-refractivity contribution >= 4 is 16.0 Å². The van der Waals surface area contributed by atoms with E-state index in [1.54, 1.807) is 60.7 Å². The molecule has 2 unspecified atom stereocenters. The van der Waals surface area contributed by atoms with Crippen molar-refractivity contribution in [1.82, 2.24) is 0 Å². The summed E-state index contributed by atoms with van der Waals surface area (Å²) < 4.78 is 157. The molecular formula is C74H86NNaO27S. The summed E-state index contributed by atoms with van der Waals surface area (Å²) in [7, 11) is -4.07. The van der Waals surface area contributed by atoms with Crippen LogP contribution in [0.25, 0.3) is 0 Å². The number of nitrogens with zero attached hydrogens (tertiary/aromatic N) is 1. The van der Waals surface area contributed by atoms with Gasteiger partial charge in [-0.3, -0.25) is 9.55 Å². The fourth-order valence-corrected chi connectivity index (χ4v) is 14.9. The average molecular weight is 1480 g/mol. The maximum atomic E-state index is 14.2. The number of benzene rings is 6. The van der Waals surface area contributed by atoms with E-state index in [1.807, 2.05) is 121 Å². The standard InChI is InChI=1S/C74H87NO27S.Na/c1-42(77)75-54-64(101-73-58(81)67(103(82,83)84)63-53(96-73)41-91-69(100-63)48-31-19-8-20-32-48)61(99-74-66(89-37-46-27-15-6-16-28-46)60(88-36-45-25-13-5-14-26-45)50(39-92-74)87-35-44-23-11-4-12-24-44)51(38-86-34-43-21-9-3-10-22-43)94-70(54)102-65-57(80)72(97-59-49(33-76)93-71(85-2)56(79)55(59)78)95-52-40-90-68(98-62(52)65)47-29-17-7-18-30-47;/h3-32,49-74,76,78-81H,33-41H2,1-2H3,(H,75,77)(H,82,83,84);/q;+1/p-1/t49-,50-,51-,52-,53-,54-,55-,56-,57-,58-,59-,60-,61-,62+,63+,64-,65-,66+,67-,68?,69?,70+,71-,72+,73+,74+;/m1./s1. The second-order valence-electron chi connectivity index (χ2n) is 26.0. The molecule has 26 atom stereocenters. The minimum absolute atomic E-state index is 0. The van der Waals surface area contributed by atoms with Gasteiger partial charge in [0.05, 0.1) is 59.5 Å². The Morgan fingerprint density at radius 3 is 1.46 bits per heavy atom. The van der Waals surface area contributed by atoms with Gasteiger partial charge in [0.1, 0.15) is 115 Å². The van der Waals surface area contributed by atoms with Gasteiger partial charge in [0.15, 0.2) is 44.0 Å². The summed E-state index contributed by atoms with van der Waals surface area (Å²) in [4.78, 5) is 4.62. The summed E-state index contributed by atoms with van der Waals surface area (Å²) in [6.07, 6.45) is -36.9. The van der Waals surface area contributed by atoms with Crippen LogP contribution in [0.5, 0.6) is 0 Å². The van der Waals surface area contributed by atoms with E-state index in [0.717, 1.165) is 29.2 Å². The first-order valence-corrected chi connectivity index (χ1v) is 35.7. The molecule has 7 aliphatic heterocycles. The summed E-state index contributed by atoms with van der Waals surface area (Å²) in [6, 6.07) is 53.1. The molecule has 0 saturated carbocycles. The van der Waals surface area contributed by atoms with Gasteiger partial charge >= 0.3 is 29.6 Å². The maximum Gasteiger partial charge on any atom is 1.00 e. The quantitative estimate of drug-likeness (QED) is 0.0177. The first-order chi connectivity index (χ1) is 50.1. The van der Waals surface area contributed by atoms with Crippen LogP contribution in [0.4, 0.5) is 0 Å². The van der Waals surface area contributed by atoms with Crippen molar-refractivity contribution in [3.8, 4) is 0 Å². The summed E-state index contributed by atoms with van der Waals surface area (Å²) >= 11 is 0. The van der Waals surface area contributed by atoms with E-state index in [2.05, 4.69) is 4.99 Å². The molecule has 30 heteroatoms. The van der Waals surface area contributed by atoms with Crippen LogP contribution in [0.15, 0.2) is 187 Å². The summed E-state index contributed by atoms with van der Waals surface area (Å²) in [5, 5.41) is 70.9. The van der Waals surface area contributed by atoms with Gasteiger partial charge < -0.3 is 116 Å². The van der Waals surface area contributed by atoms with Crippen LogP contribution in [-0.2, 0) is 122 Å². The van der Waals surface area contributed by atoms with Crippen LogP contribution < -0.4 is 34.7 Å². The first-order valence-electron chi connectivity index (χ1n) is 34.2. The van der Waals surface area contributed by atoms with E-state index in [1.165, 1.54) is 7.11 Å². The fraction of sp³-hybridized carbons (Fsp3) is 0.500. The van der Waals surface area contributed by atoms with E-state index < -0.39 is 188 Å². The maximum absolute atomic E-state index is 14.2. The van der Waals surface area contributed by atoms with Gasteiger partial charge in [-0.25, -0.2) is 0 Å². The van der Waals surface area contributed by atoms with Gasteiger partial charge in [0, 0.05) is 18.2 Å². The molecule has 13 rings (SSSR count). The number of hydrogen-bond donors (Lipinski definition) is 6. The van der Waals surface area contributed by atoms with Gasteiger partial charge in [0.25, 0.3) is 10.1 Å². The minimum atomic E-state index is -5.31. The Kier molecular flexibility index (Phi) is 27.7. The van der Waals surface area contributed by atoms with Crippen LogP contribution in [0.2, 0.25) is 0 Å². The molecule has 6 aromatic carbocycles. The summed E-state index contributed by atoms with van der Waals surface area (Å²) in [5.41, 5.74) is 4.22. The fourth-order valence-electron chi connectivity index (χ4n) is 13.8. The largest absolute Gasteiger partial charge is 1.00 e. The molecule has 0 bridgehead atoms. The topological polar surface area (TPSA) is 357 Å². The number of aliphatic hydroxyl groups is 5. The summed E-state index contributed by atoms with van der Waals surface area (Å²) in [5.74, 6) is -0.853. The molecular weight excluding hydrogens is 1390 g/mol. The molecule has 104 heavy (non-hydrogen) atoms. The van der Waals surface area contributed by atoms with Gasteiger partial charge in [-0.15, -0.1) is 0 Å². The Morgan fingerprint density at radius 2 is 0.933 bits per heavy atom. The first kappa shape index (κ1) is 78.4. The van der Waals surface area contributed by atoms with E-state index >= 15 is 0 Å². The summed E-state index contributed by atoms with van der Waals surface area (Å²) in [6.45, 7) is -0.651. The van der Waals surface area contributed by atoms with E-state index in [4.69, 9.17) is 85.3 Å². The molecule has 7 heterocycles. The molecule has 6 N–H and O–H groups in total.